The first-order valence-electron chi connectivity index (χ1n) is 14.1. The number of aromatic nitrogens is 1. The third-order valence-electron chi connectivity index (χ3n) is 7.31. The molecule has 1 aliphatic rings. The Morgan fingerprint density at radius 2 is 1.62 bits per heavy atom. The number of halogens is 1. The monoisotopic (exact) mass is 546 g/mol. The molecule has 0 spiro atoms. The number of methoxy groups -OCH3 is 1. The van der Waals surface area contributed by atoms with Crippen molar-refractivity contribution in [3.8, 4) is 22.4 Å². The summed E-state index contributed by atoms with van der Waals surface area (Å²) >= 11 is 0. The molecular weight excluding hydrogens is 507 g/mol. The van der Waals surface area contributed by atoms with E-state index in [2.05, 4.69) is 40.4 Å². The zero-order valence-corrected chi connectivity index (χ0v) is 23.6. The molecule has 1 N–H and O–H groups in total. The van der Waals surface area contributed by atoms with E-state index >= 15 is 0 Å². The quantitative estimate of drug-likeness (QED) is 0.232. The average molecular weight is 547 g/mol. The molecule has 1 aromatic heterocycles. The fourth-order valence-electron chi connectivity index (χ4n) is 5.45. The summed E-state index contributed by atoms with van der Waals surface area (Å²) in [5.74, 6) is -1.20. The van der Waals surface area contributed by atoms with Gasteiger partial charge in [0.1, 0.15) is 18.0 Å². The van der Waals surface area contributed by atoms with Crippen molar-refractivity contribution in [3.05, 3.63) is 77.7 Å². The highest BCUT2D eigenvalue weighted by Gasteiger charge is 2.29. The maximum absolute atomic E-state index is 14.0. The maximum Gasteiger partial charge on any atom is 0.313 e. The van der Waals surface area contributed by atoms with Gasteiger partial charge in [0.15, 0.2) is 0 Å². The van der Waals surface area contributed by atoms with Crippen LogP contribution >= 0.6 is 0 Å². The number of benzene rings is 2. The summed E-state index contributed by atoms with van der Waals surface area (Å²) in [5.41, 5.74) is 5.89. The Hall–Kier alpha value is -3.71. The standard InChI is InChI=1S/C33H39FN2O4/c1-23(2)32-29(18-17-27(37)21-28(38)22-30(39)40-3)31(24-13-15-26(34)16-14-24)33(25-11-7-6-8-12-25)36(32)35-19-9-4-5-10-20-35/h6-8,11-18,23,27,37H,4-5,9-10,19-22H2,1-3H3. The second-order valence-electron chi connectivity index (χ2n) is 10.7. The first kappa shape index (κ1) is 29.3. The van der Waals surface area contributed by atoms with Crippen LogP contribution in [0.2, 0.25) is 0 Å². The van der Waals surface area contributed by atoms with E-state index in [-0.39, 0.29) is 30.4 Å². The van der Waals surface area contributed by atoms with Crippen molar-refractivity contribution in [1.82, 2.24) is 4.68 Å². The lowest BCUT2D eigenvalue weighted by atomic mass is 9.94. The number of ketones is 1. The molecule has 0 bridgehead atoms. The summed E-state index contributed by atoms with van der Waals surface area (Å²) in [5, 5.41) is 13.2. The topological polar surface area (TPSA) is 71.8 Å². The summed E-state index contributed by atoms with van der Waals surface area (Å²) in [4.78, 5) is 23.8. The maximum atomic E-state index is 14.0. The van der Waals surface area contributed by atoms with Gasteiger partial charge in [-0.1, -0.05) is 81.3 Å². The van der Waals surface area contributed by atoms with Crippen LogP contribution in [0.25, 0.3) is 28.5 Å². The Balaban J connectivity index is 1.92. The van der Waals surface area contributed by atoms with E-state index in [4.69, 9.17) is 0 Å². The molecule has 7 heteroatoms. The second-order valence-corrected chi connectivity index (χ2v) is 10.7. The van der Waals surface area contributed by atoms with Crippen LogP contribution in [0.3, 0.4) is 0 Å². The highest BCUT2D eigenvalue weighted by Crippen LogP contribution is 2.43. The zero-order chi connectivity index (χ0) is 28.6. The number of aliphatic hydroxyl groups excluding tert-OH is 1. The van der Waals surface area contributed by atoms with Crippen LogP contribution in [0.1, 0.15) is 69.5 Å². The lowest BCUT2D eigenvalue weighted by molar-refractivity contribution is -0.143. The van der Waals surface area contributed by atoms with Gasteiger partial charge in [-0.15, -0.1) is 0 Å². The van der Waals surface area contributed by atoms with Gasteiger partial charge in [-0.25, -0.2) is 4.39 Å². The summed E-state index contributed by atoms with van der Waals surface area (Å²) in [6.07, 6.45) is 6.45. The smallest absolute Gasteiger partial charge is 0.313 e. The van der Waals surface area contributed by atoms with Gasteiger partial charge in [-0.05, 0) is 36.5 Å². The first-order valence-corrected chi connectivity index (χ1v) is 14.1. The molecule has 2 heterocycles. The zero-order valence-electron chi connectivity index (χ0n) is 23.6. The van der Waals surface area contributed by atoms with Crippen molar-refractivity contribution in [2.75, 3.05) is 25.2 Å². The number of carbonyl (C=O) groups excluding carboxylic acids is 2. The Labute approximate surface area is 236 Å². The number of esters is 1. The predicted octanol–water partition coefficient (Wildman–Crippen LogP) is 6.49. The molecular formula is C33H39FN2O4. The summed E-state index contributed by atoms with van der Waals surface area (Å²) in [6, 6.07) is 16.7. The lowest BCUT2D eigenvalue weighted by Gasteiger charge is -2.30. The van der Waals surface area contributed by atoms with E-state index < -0.39 is 12.1 Å². The number of carbonyl (C=O) groups is 2. The van der Waals surface area contributed by atoms with Gasteiger partial charge < -0.3 is 14.9 Å². The molecule has 1 saturated heterocycles. The largest absolute Gasteiger partial charge is 0.469 e. The van der Waals surface area contributed by atoms with Crippen molar-refractivity contribution in [3.63, 3.8) is 0 Å². The first-order chi connectivity index (χ1) is 19.3. The molecule has 1 unspecified atom stereocenters. The highest BCUT2D eigenvalue weighted by molar-refractivity contribution is 5.96. The van der Waals surface area contributed by atoms with Gasteiger partial charge >= 0.3 is 5.97 Å². The van der Waals surface area contributed by atoms with Crippen LogP contribution in [-0.2, 0) is 14.3 Å². The van der Waals surface area contributed by atoms with Gasteiger partial charge in [-0.2, -0.15) is 0 Å². The van der Waals surface area contributed by atoms with E-state index in [1.807, 2.05) is 24.3 Å². The normalized spacial score (nSPS) is 14.9. The molecule has 6 nitrogen and oxygen atoms in total. The van der Waals surface area contributed by atoms with Crippen LogP contribution in [0.5, 0.6) is 0 Å². The van der Waals surface area contributed by atoms with Gasteiger partial charge in [0.25, 0.3) is 0 Å². The molecule has 1 fully saturated rings. The molecule has 0 saturated carbocycles. The number of hydrogen-bond acceptors (Lipinski definition) is 5. The molecule has 3 aromatic rings. The van der Waals surface area contributed by atoms with E-state index in [0.717, 1.165) is 59.6 Å². The molecule has 212 valence electrons. The Morgan fingerprint density at radius 1 is 0.975 bits per heavy atom. The molecule has 0 aliphatic carbocycles. The Kier molecular flexibility index (Phi) is 9.93. The van der Waals surface area contributed by atoms with E-state index in [9.17, 15) is 19.1 Å². The lowest BCUT2D eigenvalue weighted by Crippen LogP contribution is -2.37. The molecule has 0 amide bonds. The third-order valence-corrected chi connectivity index (χ3v) is 7.31. The van der Waals surface area contributed by atoms with Crippen LogP contribution in [0.4, 0.5) is 4.39 Å². The van der Waals surface area contributed by atoms with Crippen molar-refractivity contribution < 1.29 is 23.8 Å². The molecule has 1 atom stereocenters. The predicted molar refractivity (Wildman–Crippen MR) is 157 cm³/mol. The van der Waals surface area contributed by atoms with E-state index in [1.54, 1.807) is 18.2 Å². The van der Waals surface area contributed by atoms with Crippen LogP contribution < -0.4 is 5.01 Å². The van der Waals surface area contributed by atoms with Crippen LogP contribution in [-0.4, -0.2) is 47.8 Å². The summed E-state index contributed by atoms with van der Waals surface area (Å²) in [7, 11) is 1.23. The van der Waals surface area contributed by atoms with Gasteiger partial charge in [0, 0.05) is 36.2 Å². The second kappa shape index (κ2) is 13.6. The van der Waals surface area contributed by atoms with Gasteiger partial charge in [0.2, 0.25) is 0 Å². The van der Waals surface area contributed by atoms with Crippen molar-refractivity contribution >= 4 is 17.8 Å². The summed E-state index contributed by atoms with van der Waals surface area (Å²) < 4.78 is 21.0. The molecule has 40 heavy (non-hydrogen) atoms. The minimum absolute atomic E-state index is 0.123. The molecule has 4 rings (SSSR count). The van der Waals surface area contributed by atoms with E-state index in [0.29, 0.717) is 0 Å². The number of ether oxygens (including phenoxy) is 1. The fourth-order valence-corrected chi connectivity index (χ4v) is 5.45. The van der Waals surface area contributed by atoms with E-state index in [1.165, 1.54) is 32.1 Å². The van der Waals surface area contributed by atoms with Gasteiger partial charge in [0.05, 0.1) is 24.6 Å². The number of hydrogen-bond donors (Lipinski definition) is 1. The van der Waals surface area contributed by atoms with Crippen molar-refractivity contribution in [2.45, 2.75) is 64.4 Å². The average Bonchev–Trinajstić information content (AvgIpc) is 3.06. The Morgan fingerprint density at radius 3 is 2.23 bits per heavy atom. The minimum atomic E-state index is -1.07. The SMILES string of the molecule is COC(=O)CC(=O)CC(O)C=Cc1c(-c2ccc(F)cc2)c(-c2ccccc2)n(N2CCCCCC2)c1C(C)C. The number of Topliss-reactive ketones (excluding diaryl/α,β-unsaturated/α-hetero) is 1. The van der Waals surface area contributed by atoms with Crippen molar-refractivity contribution in [2.24, 2.45) is 0 Å². The number of nitrogens with zero attached hydrogens (tertiary/aromatic N) is 2. The number of aliphatic hydroxyl groups is 1. The minimum Gasteiger partial charge on any atom is -0.469 e. The van der Waals surface area contributed by atoms with Crippen LogP contribution in [0, 0.1) is 5.82 Å². The van der Waals surface area contributed by atoms with Crippen molar-refractivity contribution in [1.29, 1.82) is 0 Å². The fraction of sp³-hybridized carbons (Fsp3) is 0.394. The summed E-state index contributed by atoms with van der Waals surface area (Å²) in [6.45, 7) is 6.15. The molecule has 2 aromatic carbocycles. The highest BCUT2D eigenvalue weighted by atomic mass is 19.1. The Bertz CT molecular complexity index is 1320. The molecule has 1 aliphatic heterocycles. The number of rotatable bonds is 10. The van der Waals surface area contributed by atoms with Crippen LogP contribution in [0.15, 0.2) is 60.7 Å². The third kappa shape index (κ3) is 6.89. The van der Waals surface area contributed by atoms with Gasteiger partial charge in [-0.3, -0.25) is 14.3 Å². The molecule has 0 radical (unpaired) electrons.